The molecule has 94 valence electrons. The third-order valence-corrected chi connectivity index (χ3v) is 3.87. The molecule has 0 amide bonds. The molecule has 1 unspecified atom stereocenters. The Hall–Kier alpha value is -0.120. The molecule has 16 heavy (non-hydrogen) atoms. The van der Waals surface area contributed by atoms with Gasteiger partial charge in [0.1, 0.15) is 0 Å². The molecule has 1 aliphatic heterocycles. The second-order valence-corrected chi connectivity index (χ2v) is 5.22. The van der Waals surface area contributed by atoms with Crippen LogP contribution in [0, 0.1) is 5.92 Å². The minimum absolute atomic E-state index is 0.612. The van der Waals surface area contributed by atoms with Crippen molar-refractivity contribution in [1.82, 2.24) is 10.2 Å². The van der Waals surface area contributed by atoms with E-state index in [4.69, 9.17) is 4.74 Å². The lowest BCUT2D eigenvalue weighted by molar-refractivity contribution is -0.0190. The standard InChI is InChI=1S/C13H26N2O/c1-2-6-14-9-13-11-16-8-7-15(13)10-12-4-3-5-12/h12-14H,2-11H2,1H3. The van der Waals surface area contributed by atoms with Gasteiger partial charge >= 0.3 is 0 Å². The number of morpholine rings is 1. The van der Waals surface area contributed by atoms with Gasteiger partial charge in [0.25, 0.3) is 0 Å². The van der Waals surface area contributed by atoms with Gasteiger partial charge in [-0.1, -0.05) is 13.3 Å². The average molecular weight is 226 g/mol. The Morgan fingerprint density at radius 3 is 2.94 bits per heavy atom. The number of nitrogens with zero attached hydrogens (tertiary/aromatic N) is 1. The van der Waals surface area contributed by atoms with Crippen LogP contribution in [-0.4, -0.2) is 50.3 Å². The number of hydrogen-bond donors (Lipinski definition) is 1. The predicted molar refractivity (Wildman–Crippen MR) is 66.7 cm³/mol. The molecule has 0 aromatic carbocycles. The zero-order chi connectivity index (χ0) is 11.2. The van der Waals surface area contributed by atoms with E-state index in [2.05, 4.69) is 17.1 Å². The first-order valence-electron chi connectivity index (χ1n) is 6.92. The Balaban J connectivity index is 1.72. The van der Waals surface area contributed by atoms with Gasteiger partial charge in [-0.25, -0.2) is 0 Å². The second-order valence-electron chi connectivity index (χ2n) is 5.22. The van der Waals surface area contributed by atoms with E-state index >= 15 is 0 Å². The van der Waals surface area contributed by atoms with Crippen LogP contribution >= 0.6 is 0 Å². The Kier molecular flexibility index (Phi) is 5.07. The van der Waals surface area contributed by atoms with E-state index in [1.165, 1.54) is 32.2 Å². The van der Waals surface area contributed by atoms with Gasteiger partial charge in [-0.2, -0.15) is 0 Å². The minimum Gasteiger partial charge on any atom is -0.378 e. The normalized spacial score (nSPS) is 27.9. The quantitative estimate of drug-likeness (QED) is 0.694. The van der Waals surface area contributed by atoms with E-state index in [0.29, 0.717) is 6.04 Å². The van der Waals surface area contributed by atoms with Gasteiger partial charge < -0.3 is 10.1 Å². The molecule has 1 heterocycles. The van der Waals surface area contributed by atoms with E-state index in [0.717, 1.165) is 38.8 Å². The molecule has 2 aliphatic rings. The van der Waals surface area contributed by atoms with Crippen molar-refractivity contribution in [3.05, 3.63) is 0 Å². The molecule has 1 aliphatic carbocycles. The zero-order valence-electron chi connectivity index (χ0n) is 10.6. The minimum atomic E-state index is 0.612. The van der Waals surface area contributed by atoms with Crippen molar-refractivity contribution < 1.29 is 4.74 Å². The van der Waals surface area contributed by atoms with Gasteiger partial charge in [-0.3, -0.25) is 4.90 Å². The molecule has 0 aromatic heterocycles. The predicted octanol–water partition coefficient (Wildman–Crippen LogP) is 1.49. The highest BCUT2D eigenvalue weighted by Gasteiger charge is 2.27. The summed E-state index contributed by atoms with van der Waals surface area (Å²) in [7, 11) is 0. The van der Waals surface area contributed by atoms with Crippen LogP contribution in [0.25, 0.3) is 0 Å². The van der Waals surface area contributed by atoms with Gasteiger partial charge in [-0.05, 0) is 31.7 Å². The smallest absolute Gasteiger partial charge is 0.0634 e. The summed E-state index contributed by atoms with van der Waals surface area (Å²) in [6, 6.07) is 0.612. The molecule has 1 atom stereocenters. The molecule has 3 nitrogen and oxygen atoms in total. The number of ether oxygens (including phenoxy) is 1. The van der Waals surface area contributed by atoms with Crippen LogP contribution < -0.4 is 5.32 Å². The Labute approximate surface area is 99.5 Å². The number of hydrogen-bond acceptors (Lipinski definition) is 3. The summed E-state index contributed by atoms with van der Waals surface area (Å²) in [4.78, 5) is 2.65. The Morgan fingerprint density at radius 1 is 1.38 bits per heavy atom. The summed E-state index contributed by atoms with van der Waals surface area (Å²) in [6.45, 7) is 8.74. The molecular weight excluding hydrogens is 200 g/mol. The largest absolute Gasteiger partial charge is 0.378 e. The summed E-state index contributed by atoms with van der Waals surface area (Å²) in [5.74, 6) is 0.978. The van der Waals surface area contributed by atoms with Crippen LogP contribution in [0.1, 0.15) is 32.6 Å². The van der Waals surface area contributed by atoms with Crippen LogP contribution in [0.4, 0.5) is 0 Å². The fraction of sp³-hybridized carbons (Fsp3) is 1.00. The number of nitrogens with one attached hydrogen (secondary N) is 1. The third kappa shape index (κ3) is 3.44. The van der Waals surface area contributed by atoms with Crippen molar-refractivity contribution in [2.24, 2.45) is 5.92 Å². The molecule has 0 spiro atoms. The first-order chi connectivity index (χ1) is 7.90. The van der Waals surface area contributed by atoms with Gasteiger partial charge in [-0.15, -0.1) is 0 Å². The van der Waals surface area contributed by atoms with Crippen molar-refractivity contribution in [2.75, 3.05) is 39.4 Å². The second kappa shape index (κ2) is 6.58. The summed E-state index contributed by atoms with van der Waals surface area (Å²) >= 11 is 0. The van der Waals surface area contributed by atoms with Gasteiger partial charge in [0.2, 0.25) is 0 Å². The third-order valence-electron chi connectivity index (χ3n) is 3.87. The maximum atomic E-state index is 5.59. The molecular formula is C13H26N2O. The highest BCUT2D eigenvalue weighted by atomic mass is 16.5. The van der Waals surface area contributed by atoms with Gasteiger partial charge in [0.05, 0.1) is 13.2 Å². The molecule has 1 saturated carbocycles. The van der Waals surface area contributed by atoms with Crippen LogP contribution in [0.2, 0.25) is 0 Å². The SMILES string of the molecule is CCCNCC1COCCN1CC1CCC1. The van der Waals surface area contributed by atoms with Crippen molar-refractivity contribution in [3.8, 4) is 0 Å². The zero-order valence-corrected chi connectivity index (χ0v) is 10.6. The number of rotatable bonds is 6. The maximum absolute atomic E-state index is 5.59. The van der Waals surface area contributed by atoms with Crippen molar-refractivity contribution in [2.45, 2.75) is 38.6 Å². The lowest BCUT2D eigenvalue weighted by atomic mass is 9.85. The molecule has 3 heteroatoms. The summed E-state index contributed by atoms with van der Waals surface area (Å²) < 4.78 is 5.59. The van der Waals surface area contributed by atoms with Crippen molar-refractivity contribution in [1.29, 1.82) is 0 Å². The lowest BCUT2D eigenvalue weighted by Crippen LogP contribution is -2.52. The van der Waals surface area contributed by atoms with Crippen molar-refractivity contribution >= 4 is 0 Å². The lowest BCUT2D eigenvalue weighted by Gasteiger charge is -2.40. The van der Waals surface area contributed by atoms with Crippen LogP contribution in [-0.2, 0) is 4.74 Å². The van der Waals surface area contributed by atoms with Gasteiger partial charge in [0, 0.05) is 25.7 Å². The molecule has 1 saturated heterocycles. The maximum Gasteiger partial charge on any atom is 0.0634 e. The highest BCUT2D eigenvalue weighted by molar-refractivity contribution is 4.82. The molecule has 0 radical (unpaired) electrons. The van der Waals surface area contributed by atoms with E-state index in [1.807, 2.05) is 0 Å². The molecule has 1 N–H and O–H groups in total. The molecule has 0 aromatic rings. The van der Waals surface area contributed by atoms with Crippen LogP contribution in [0.5, 0.6) is 0 Å². The first kappa shape index (κ1) is 12.3. The highest BCUT2D eigenvalue weighted by Crippen LogP contribution is 2.28. The van der Waals surface area contributed by atoms with Crippen molar-refractivity contribution in [3.63, 3.8) is 0 Å². The van der Waals surface area contributed by atoms with Crippen LogP contribution in [0.3, 0.4) is 0 Å². The Bertz CT molecular complexity index is 194. The van der Waals surface area contributed by atoms with Gasteiger partial charge in [0.15, 0.2) is 0 Å². The molecule has 2 fully saturated rings. The summed E-state index contributed by atoms with van der Waals surface area (Å²) in [5, 5.41) is 3.52. The summed E-state index contributed by atoms with van der Waals surface area (Å²) in [5.41, 5.74) is 0. The fourth-order valence-corrected chi connectivity index (χ4v) is 2.57. The topological polar surface area (TPSA) is 24.5 Å². The van der Waals surface area contributed by atoms with E-state index in [-0.39, 0.29) is 0 Å². The fourth-order valence-electron chi connectivity index (χ4n) is 2.57. The monoisotopic (exact) mass is 226 g/mol. The van der Waals surface area contributed by atoms with Crippen LogP contribution in [0.15, 0.2) is 0 Å². The van der Waals surface area contributed by atoms with E-state index < -0.39 is 0 Å². The van der Waals surface area contributed by atoms with E-state index in [1.54, 1.807) is 0 Å². The molecule has 2 rings (SSSR count). The molecule has 0 bridgehead atoms. The summed E-state index contributed by atoms with van der Waals surface area (Å²) in [6.07, 6.45) is 5.57. The van der Waals surface area contributed by atoms with E-state index in [9.17, 15) is 0 Å². The Morgan fingerprint density at radius 2 is 2.25 bits per heavy atom. The first-order valence-corrected chi connectivity index (χ1v) is 6.92. The average Bonchev–Trinajstić information content (AvgIpc) is 2.25.